The molecule has 0 amide bonds. The van der Waals surface area contributed by atoms with E-state index in [0.717, 1.165) is 34.9 Å². The van der Waals surface area contributed by atoms with Gasteiger partial charge in [-0.3, -0.25) is 4.21 Å². The number of nitrogens with two attached hydrogens (primary N) is 1. The summed E-state index contributed by atoms with van der Waals surface area (Å²) in [4.78, 5) is 0.948. The third-order valence-electron chi connectivity index (χ3n) is 4.09. The van der Waals surface area contributed by atoms with E-state index < -0.39 is 10.8 Å². The topological polar surface area (TPSA) is 43.1 Å². The van der Waals surface area contributed by atoms with Crippen LogP contribution in [-0.2, 0) is 10.8 Å². The van der Waals surface area contributed by atoms with Crippen molar-refractivity contribution in [3.05, 3.63) is 23.8 Å². The minimum Gasteiger partial charge on any atom is -0.399 e. The van der Waals surface area contributed by atoms with Crippen molar-refractivity contribution in [2.75, 3.05) is 5.73 Å². The first kappa shape index (κ1) is 13.6. The zero-order chi connectivity index (χ0) is 13.1. The molecular formula is C15H23NOS. The average Bonchev–Trinajstić information content (AvgIpc) is 2.41. The zero-order valence-electron chi connectivity index (χ0n) is 11.3. The molecule has 1 aromatic rings. The molecule has 1 aliphatic carbocycles. The van der Waals surface area contributed by atoms with Crippen molar-refractivity contribution in [3.8, 4) is 0 Å². The molecule has 2 N–H and O–H groups in total. The normalized spacial score (nSPS) is 25.9. The highest BCUT2D eigenvalue weighted by Gasteiger charge is 2.26. The summed E-state index contributed by atoms with van der Waals surface area (Å²) in [6.45, 7) is 4.22. The van der Waals surface area contributed by atoms with Crippen LogP contribution in [0.2, 0.25) is 0 Å². The molecule has 0 saturated heterocycles. The average molecular weight is 265 g/mol. The summed E-state index contributed by atoms with van der Waals surface area (Å²) >= 11 is 0. The lowest BCUT2D eigenvalue weighted by Crippen LogP contribution is -2.24. The maximum absolute atomic E-state index is 12.6. The van der Waals surface area contributed by atoms with Crippen LogP contribution in [0.25, 0.3) is 0 Å². The van der Waals surface area contributed by atoms with Crippen LogP contribution in [0.3, 0.4) is 0 Å². The second kappa shape index (κ2) is 5.87. The van der Waals surface area contributed by atoms with Gasteiger partial charge in [-0.1, -0.05) is 26.2 Å². The molecule has 3 heteroatoms. The minimum atomic E-state index is -0.866. The summed E-state index contributed by atoms with van der Waals surface area (Å²) in [5, 5.41) is 0.340. The van der Waals surface area contributed by atoms with E-state index in [1.165, 1.54) is 19.3 Å². The Morgan fingerprint density at radius 3 is 2.83 bits per heavy atom. The number of anilines is 1. The van der Waals surface area contributed by atoms with Crippen LogP contribution in [0.1, 0.15) is 44.6 Å². The van der Waals surface area contributed by atoms with Crippen LogP contribution in [0.5, 0.6) is 0 Å². The summed E-state index contributed by atoms with van der Waals surface area (Å²) in [7, 11) is -0.866. The molecule has 0 spiro atoms. The Hall–Kier alpha value is -0.830. The maximum atomic E-state index is 12.6. The number of hydrogen-bond donors (Lipinski definition) is 1. The van der Waals surface area contributed by atoms with Gasteiger partial charge in [0, 0.05) is 15.8 Å². The Morgan fingerprint density at radius 1 is 1.39 bits per heavy atom. The Morgan fingerprint density at radius 2 is 2.17 bits per heavy atom. The van der Waals surface area contributed by atoms with Gasteiger partial charge in [0.1, 0.15) is 0 Å². The molecule has 1 aromatic carbocycles. The first-order chi connectivity index (χ1) is 8.61. The van der Waals surface area contributed by atoms with Crippen molar-refractivity contribution in [3.63, 3.8) is 0 Å². The number of nitrogen functional groups attached to an aromatic ring is 1. The lowest BCUT2D eigenvalue weighted by atomic mass is 9.87. The molecule has 2 rings (SSSR count). The Balaban J connectivity index is 2.12. The molecule has 1 fully saturated rings. The standard InChI is InChI=1S/C15H23NOS/c1-3-12-5-4-6-13(10-12)18(17)14-7-8-15(16)11(2)9-14/h7-9,12-13H,3-6,10,16H2,1-2H3. The van der Waals surface area contributed by atoms with Gasteiger partial charge in [0.15, 0.2) is 0 Å². The molecule has 3 atom stereocenters. The first-order valence-corrected chi connectivity index (χ1v) is 8.09. The predicted octanol–water partition coefficient (Wildman–Crippen LogP) is 3.65. The smallest absolute Gasteiger partial charge is 0.0561 e. The summed E-state index contributed by atoms with van der Waals surface area (Å²) in [6.07, 6.45) is 5.97. The summed E-state index contributed by atoms with van der Waals surface area (Å²) < 4.78 is 12.6. The van der Waals surface area contributed by atoms with Gasteiger partial charge in [0.25, 0.3) is 0 Å². The number of rotatable bonds is 3. The van der Waals surface area contributed by atoms with Crippen molar-refractivity contribution in [2.24, 2.45) is 5.92 Å². The van der Waals surface area contributed by atoms with Gasteiger partial charge in [-0.05, 0) is 49.4 Å². The molecule has 0 aliphatic heterocycles. The molecule has 3 unspecified atom stereocenters. The fourth-order valence-corrected chi connectivity index (χ4v) is 4.48. The van der Waals surface area contributed by atoms with Crippen molar-refractivity contribution >= 4 is 16.5 Å². The Bertz CT molecular complexity index is 444. The first-order valence-electron chi connectivity index (χ1n) is 6.88. The monoisotopic (exact) mass is 265 g/mol. The van der Waals surface area contributed by atoms with Crippen LogP contribution < -0.4 is 5.73 Å². The lowest BCUT2D eigenvalue weighted by molar-refractivity contribution is 0.353. The van der Waals surface area contributed by atoms with Crippen molar-refractivity contribution < 1.29 is 4.21 Å². The molecule has 0 aromatic heterocycles. The van der Waals surface area contributed by atoms with E-state index in [1.807, 2.05) is 25.1 Å². The minimum absolute atomic E-state index is 0.340. The third kappa shape index (κ3) is 2.94. The summed E-state index contributed by atoms with van der Waals surface area (Å²) in [5.74, 6) is 0.766. The van der Waals surface area contributed by atoms with Gasteiger partial charge < -0.3 is 5.73 Å². The Labute approximate surface area is 112 Å². The van der Waals surface area contributed by atoms with Gasteiger partial charge in [0.05, 0.1) is 10.8 Å². The second-order valence-electron chi connectivity index (χ2n) is 5.38. The molecule has 1 saturated carbocycles. The second-order valence-corrected chi connectivity index (χ2v) is 7.11. The van der Waals surface area contributed by atoms with E-state index in [2.05, 4.69) is 6.92 Å². The molecule has 1 aliphatic rings. The number of benzene rings is 1. The molecule has 0 heterocycles. The fraction of sp³-hybridized carbons (Fsp3) is 0.600. The number of aryl methyl sites for hydroxylation is 1. The van der Waals surface area contributed by atoms with Crippen LogP contribution in [-0.4, -0.2) is 9.46 Å². The van der Waals surface area contributed by atoms with Crippen molar-refractivity contribution in [2.45, 2.75) is 56.1 Å². The zero-order valence-corrected chi connectivity index (χ0v) is 12.1. The highest BCUT2D eigenvalue weighted by molar-refractivity contribution is 7.85. The maximum Gasteiger partial charge on any atom is 0.0561 e. The molecule has 0 radical (unpaired) electrons. The van der Waals surface area contributed by atoms with Gasteiger partial charge in [0.2, 0.25) is 0 Å². The summed E-state index contributed by atoms with van der Waals surface area (Å²) in [5.41, 5.74) is 7.63. The number of hydrogen-bond acceptors (Lipinski definition) is 2. The van der Waals surface area contributed by atoms with Crippen LogP contribution in [0.15, 0.2) is 23.1 Å². The van der Waals surface area contributed by atoms with E-state index in [1.54, 1.807) is 0 Å². The van der Waals surface area contributed by atoms with E-state index in [0.29, 0.717) is 5.25 Å². The fourth-order valence-electron chi connectivity index (χ4n) is 2.77. The van der Waals surface area contributed by atoms with E-state index >= 15 is 0 Å². The SMILES string of the molecule is CCC1CCCC(S(=O)c2ccc(N)c(C)c2)C1. The van der Waals surface area contributed by atoms with Crippen molar-refractivity contribution in [1.82, 2.24) is 0 Å². The van der Waals surface area contributed by atoms with Gasteiger partial charge in [-0.2, -0.15) is 0 Å². The summed E-state index contributed by atoms with van der Waals surface area (Å²) in [6, 6.07) is 5.79. The molecule has 0 bridgehead atoms. The van der Waals surface area contributed by atoms with Crippen molar-refractivity contribution in [1.29, 1.82) is 0 Å². The molecular weight excluding hydrogens is 242 g/mol. The quantitative estimate of drug-likeness (QED) is 0.848. The lowest BCUT2D eigenvalue weighted by Gasteiger charge is -2.27. The van der Waals surface area contributed by atoms with E-state index in [9.17, 15) is 4.21 Å². The highest BCUT2D eigenvalue weighted by atomic mass is 32.2. The largest absolute Gasteiger partial charge is 0.399 e. The predicted molar refractivity (Wildman–Crippen MR) is 78.0 cm³/mol. The van der Waals surface area contributed by atoms with Crippen LogP contribution >= 0.6 is 0 Å². The molecule has 2 nitrogen and oxygen atoms in total. The highest BCUT2D eigenvalue weighted by Crippen LogP contribution is 2.32. The van der Waals surface area contributed by atoms with Gasteiger partial charge in [-0.25, -0.2) is 0 Å². The van der Waals surface area contributed by atoms with Crippen LogP contribution in [0.4, 0.5) is 5.69 Å². The van der Waals surface area contributed by atoms with Crippen LogP contribution in [0, 0.1) is 12.8 Å². The Kier molecular flexibility index (Phi) is 4.44. The van der Waals surface area contributed by atoms with Gasteiger partial charge >= 0.3 is 0 Å². The molecule has 18 heavy (non-hydrogen) atoms. The van der Waals surface area contributed by atoms with E-state index in [4.69, 9.17) is 5.73 Å². The van der Waals surface area contributed by atoms with E-state index in [-0.39, 0.29) is 0 Å². The molecule has 100 valence electrons. The van der Waals surface area contributed by atoms with Gasteiger partial charge in [-0.15, -0.1) is 0 Å². The third-order valence-corrected chi connectivity index (χ3v) is 5.84.